The number of rotatable bonds is 3. The van der Waals surface area contributed by atoms with Crippen LogP contribution in [0.1, 0.15) is 32.1 Å². The van der Waals surface area contributed by atoms with Gasteiger partial charge in [-0.15, -0.1) is 0 Å². The maximum Gasteiger partial charge on any atom is 0.332 e. The number of fused-ring (bicyclic) bond motifs is 1. The van der Waals surface area contributed by atoms with Crippen LogP contribution in [0.25, 0.3) is 11.2 Å². The second-order valence-electron chi connectivity index (χ2n) is 5.46. The quantitative estimate of drug-likeness (QED) is 0.865. The summed E-state index contributed by atoms with van der Waals surface area (Å²) in [5.41, 5.74) is 0.551. The fraction of sp³-hybridized carbons (Fsp3) is 0.643. The lowest BCUT2D eigenvalue weighted by Gasteiger charge is -2.14. The highest BCUT2D eigenvalue weighted by atomic mass is 16.2. The van der Waals surface area contributed by atoms with Gasteiger partial charge in [0.1, 0.15) is 5.82 Å². The van der Waals surface area contributed by atoms with Crippen molar-refractivity contribution in [3.05, 3.63) is 26.7 Å². The largest absolute Gasteiger partial charge is 0.332 e. The first-order chi connectivity index (χ1) is 10.1. The van der Waals surface area contributed by atoms with Crippen molar-refractivity contribution in [1.29, 1.82) is 0 Å². The van der Waals surface area contributed by atoms with E-state index in [4.69, 9.17) is 0 Å². The predicted molar refractivity (Wildman–Crippen MR) is 80.8 cm³/mol. The van der Waals surface area contributed by atoms with Crippen LogP contribution in [0.4, 0.5) is 0 Å². The summed E-state index contributed by atoms with van der Waals surface area (Å²) in [6, 6.07) is -0.0640. The van der Waals surface area contributed by atoms with Crippen LogP contribution in [0, 0.1) is 0 Å². The first-order valence-electron chi connectivity index (χ1n) is 7.51. The van der Waals surface area contributed by atoms with E-state index < -0.39 is 0 Å². The molecule has 7 heteroatoms. The number of aromatic nitrogens is 4. The van der Waals surface area contributed by atoms with Crippen molar-refractivity contribution in [2.75, 3.05) is 13.1 Å². The Morgan fingerprint density at radius 2 is 2.10 bits per heavy atom. The zero-order valence-corrected chi connectivity index (χ0v) is 12.7. The third-order valence-electron chi connectivity index (χ3n) is 4.29. The highest BCUT2D eigenvalue weighted by Crippen LogP contribution is 2.15. The number of hydrogen-bond acceptors (Lipinski definition) is 4. The Labute approximate surface area is 122 Å². The van der Waals surface area contributed by atoms with Gasteiger partial charge < -0.3 is 9.88 Å². The Bertz CT molecular complexity index is 792. The van der Waals surface area contributed by atoms with Crippen LogP contribution in [0.5, 0.6) is 0 Å². The standard InChI is InChI=1S/C14H21N5O2/c1-4-10-16-12-11(18(10)5-2)13(20)19(14(21)17(12)3)9-6-7-15-8-9/h9,15H,4-8H2,1-3H3. The molecule has 0 bridgehead atoms. The molecule has 1 aliphatic rings. The number of aryl methyl sites for hydroxylation is 3. The zero-order valence-electron chi connectivity index (χ0n) is 12.7. The predicted octanol–water partition coefficient (Wildman–Crippen LogP) is 0.0134. The molecule has 0 aromatic carbocycles. The Kier molecular flexibility index (Phi) is 3.44. The van der Waals surface area contributed by atoms with Crippen LogP contribution < -0.4 is 16.6 Å². The van der Waals surface area contributed by atoms with E-state index in [0.29, 0.717) is 24.3 Å². The van der Waals surface area contributed by atoms with Gasteiger partial charge in [-0.05, 0) is 19.9 Å². The molecule has 2 aromatic heterocycles. The fourth-order valence-electron chi connectivity index (χ4n) is 3.18. The molecule has 114 valence electrons. The van der Waals surface area contributed by atoms with E-state index in [1.165, 1.54) is 9.13 Å². The molecule has 1 N–H and O–H groups in total. The molecule has 0 amide bonds. The maximum absolute atomic E-state index is 12.9. The van der Waals surface area contributed by atoms with Gasteiger partial charge in [0.2, 0.25) is 0 Å². The van der Waals surface area contributed by atoms with Crippen LogP contribution >= 0.6 is 0 Å². The number of imidazole rings is 1. The lowest BCUT2D eigenvalue weighted by molar-refractivity contribution is 0.491. The molecule has 3 heterocycles. The Balaban J connectivity index is 2.40. The van der Waals surface area contributed by atoms with Gasteiger partial charge in [-0.25, -0.2) is 9.78 Å². The van der Waals surface area contributed by atoms with Crippen molar-refractivity contribution in [2.45, 2.75) is 39.3 Å². The van der Waals surface area contributed by atoms with Gasteiger partial charge in [0.05, 0.1) is 6.04 Å². The van der Waals surface area contributed by atoms with E-state index in [2.05, 4.69) is 10.3 Å². The van der Waals surface area contributed by atoms with Crippen molar-refractivity contribution >= 4 is 11.2 Å². The summed E-state index contributed by atoms with van der Waals surface area (Å²) in [6.45, 7) is 6.18. The van der Waals surface area contributed by atoms with Crippen molar-refractivity contribution in [2.24, 2.45) is 7.05 Å². The summed E-state index contributed by atoms with van der Waals surface area (Å²) in [5.74, 6) is 0.849. The summed E-state index contributed by atoms with van der Waals surface area (Å²) in [5, 5.41) is 3.21. The molecule has 1 saturated heterocycles. The molecular formula is C14H21N5O2. The minimum atomic E-state index is -0.274. The van der Waals surface area contributed by atoms with Crippen molar-refractivity contribution in [3.63, 3.8) is 0 Å². The number of nitrogens with zero attached hydrogens (tertiary/aromatic N) is 4. The van der Waals surface area contributed by atoms with Crippen LogP contribution in [0.15, 0.2) is 9.59 Å². The second kappa shape index (κ2) is 5.14. The molecule has 21 heavy (non-hydrogen) atoms. The van der Waals surface area contributed by atoms with Gasteiger partial charge in [-0.3, -0.25) is 13.9 Å². The molecule has 3 rings (SSSR count). The number of hydrogen-bond donors (Lipinski definition) is 1. The van der Waals surface area contributed by atoms with Crippen molar-refractivity contribution in [1.82, 2.24) is 24.0 Å². The normalized spacial score (nSPS) is 18.7. The summed E-state index contributed by atoms with van der Waals surface area (Å²) >= 11 is 0. The second-order valence-corrected chi connectivity index (χ2v) is 5.46. The molecule has 1 fully saturated rings. The van der Waals surface area contributed by atoms with Gasteiger partial charge >= 0.3 is 5.69 Å². The summed E-state index contributed by atoms with van der Waals surface area (Å²) in [6.07, 6.45) is 1.54. The highest BCUT2D eigenvalue weighted by molar-refractivity contribution is 5.71. The summed E-state index contributed by atoms with van der Waals surface area (Å²) in [7, 11) is 1.69. The van der Waals surface area contributed by atoms with Gasteiger partial charge in [0.15, 0.2) is 11.2 Å². The van der Waals surface area contributed by atoms with Crippen LogP contribution in [0.3, 0.4) is 0 Å². The van der Waals surface area contributed by atoms with Gasteiger partial charge in [-0.2, -0.15) is 0 Å². The molecule has 0 aliphatic carbocycles. The zero-order chi connectivity index (χ0) is 15.1. The van der Waals surface area contributed by atoms with Crippen molar-refractivity contribution in [3.8, 4) is 0 Å². The van der Waals surface area contributed by atoms with E-state index >= 15 is 0 Å². The molecule has 0 saturated carbocycles. The molecule has 1 atom stereocenters. The topological polar surface area (TPSA) is 73.8 Å². The molecule has 1 unspecified atom stereocenters. The average Bonchev–Trinajstić information content (AvgIpc) is 3.11. The highest BCUT2D eigenvalue weighted by Gasteiger charge is 2.25. The SMILES string of the molecule is CCc1nc2c(c(=O)n(C3CCNC3)c(=O)n2C)n1CC. The molecule has 7 nitrogen and oxygen atoms in total. The third-order valence-corrected chi connectivity index (χ3v) is 4.29. The molecule has 0 spiro atoms. The van der Waals surface area contributed by atoms with Crippen molar-refractivity contribution < 1.29 is 0 Å². The first kappa shape index (κ1) is 14.1. The van der Waals surface area contributed by atoms with E-state index in [0.717, 1.165) is 25.2 Å². The summed E-state index contributed by atoms with van der Waals surface area (Å²) in [4.78, 5) is 29.9. The molecule has 0 radical (unpaired) electrons. The Morgan fingerprint density at radius 1 is 1.33 bits per heavy atom. The van der Waals surface area contributed by atoms with E-state index in [1.807, 2.05) is 18.4 Å². The third kappa shape index (κ3) is 1.95. The molecule has 2 aromatic rings. The average molecular weight is 291 g/mol. The van der Waals surface area contributed by atoms with Gasteiger partial charge in [0.25, 0.3) is 5.56 Å². The number of nitrogens with one attached hydrogen (secondary N) is 1. The maximum atomic E-state index is 12.9. The molecular weight excluding hydrogens is 270 g/mol. The smallest absolute Gasteiger partial charge is 0.322 e. The monoisotopic (exact) mass is 291 g/mol. The molecule has 1 aliphatic heterocycles. The lowest BCUT2D eigenvalue weighted by atomic mass is 10.2. The van der Waals surface area contributed by atoms with Crippen LogP contribution in [0.2, 0.25) is 0 Å². The van der Waals surface area contributed by atoms with Gasteiger partial charge in [0, 0.05) is 26.6 Å². The summed E-state index contributed by atoms with van der Waals surface area (Å²) < 4.78 is 4.83. The lowest BCUT2D eigenvalue weighted by Crippen LogP contribution is -2.42. The Hall–Kier alpha value is -1.89. The fourth-order valence-corrected chi connectivity index (χ4v) is 3.18. The minimum absolute atomic E-state index is 0.0640. The Morgan fingerprint density at radius 3 is 2.67 bits per heavy atom. The van der Waals surface area contributed by atoms with E-state index in [1.54, 1.807) is 7.05 Å². The van der Waals surface area contributed by atoms with E-state index in [-0.39, 0.29) is 17.3 Å². The van der Waals surface area contributed by atoms with Crippen LogP contribution in [-0.4, -0.2) is 31.8 Å². The minimum Gasteiger partial charge on any atom is -0.322 e. The van der Waals surface area contributed by atoms with E-state index in [9.17, 15) is 9.59 Å². The van der Waals surface area contributed by atoms with Gasteiger partial charge in [-0.1, -0.05) is 6.92 Å². The first-order valence-corrected chi connectivity index (χ1v) is 7.51. The van der Waals surface area contributed by atoms with Crippen LogP contribution in [-0.2, 0) is 20.0 Å².